The Labute approximate surface area is 234 Å². The largest absolute Gasteiger partial charge is 0.491 e. The number of benzene rings is 1. The Morgan fingerprint density at radius 3 is 2.77 bits per heavy atom. The SMILES string of the molecule is CNC[C@@H](O)COc1cccc(-c2nc(CCC3CCCCC3)cc(-c3cn(S(C)(=O)=O)c4ncncc34)n2)c1. The first-order valence-corrected chi connectivity index (χ1v) is 15.6. The van der Waals surface area contributed by atoms with Crippen LogP contribution >= 0.6 is 0 Å². The lowest BCUT2D eigenvalue weighted by Gasteiger charge is -2.21. The molecule has 4 aromatic rings. The second-order valence-electron chi connectivity index (χ2n) is 10.5. The summed E-state index contributed by atoms with van der Waals surface area (Å²) in [6.07, 6.45) is 13.3. The van der Waals surface area contributed by atoms with Gasteiger partial charge in [0.05, 0.1) is 11.9 Å². The van der Waals surface area contributed by atoms with E-state index in [-0.39, 0.29) is 6.61 Å². The molecule has 1 saturated carbocycles. The number of aromatic nitrogens is 5. The van der Waals surface area contributed by atoms with Gasteiger partial charge < -0.3 is 15.2 Å². The first-order chi connectivity index (χ1) is 19.3. The van der Waals surface area contributed by atoms with E-state index in [4.69, 9.17) is 14.7 Å². The predicted molar refractivity (Wildman–Crippen MR) is 155 cm³/mol. The molecular weight excluding hydrogens is 528 g/mol. The third-order valence-corrected chi connectivity index (χ3v) is 8.35. The fourth-order valence-electron chi connectivity index (χ4n) is 5.33. The van der Waals surface area contributed by atoms with Crippen molar-refractivity contribution in [2.24, 2.45) is 5.92 Å². The number of nitrogens with zero attached hydrogens (tertiary/aromatic N) is 5. The van der Waals surface area contributed by atoms with Gasteiger partial charge in [0.25, 0.3) is 0 Å². The number of ether oxygens (including phenoxy) is 1. The quantitative estimate of drug-likeness (QED) is 0.279. The lowest BCUT2D eigenvalue weighted by atomic mass is 9.86. The van der Waals surface area contributed by atoms with Crippen LogP contribution in [0.3, 0.4) is 0 Å². The smallest absolute Gasteiger partial charge is 0.237 e. The van der Waals surface area contributed by atoms with E-state index >= 15 is 0 Å². The molecule has 5 rings (SSSR count). The van der Waals surface area contributed by atoms with Crippen LogP contribution in [-0.2, 0) is 16.4 Å². The van der Waals surface area contributed by atoms with Crippen LogP contribution in [0, 0.1) is 5.92 Å². The molecule has 11 heteroatoms. The van der Waals surface area contributed by atoms with Crippen LogP contribution in [0.15, 0.2) is 49.1 Å². The van der Waals surface area contributed by atoms with E-state index in [9.17, 15) is 13.5 Å². The molecule has 1 aliphatic carbocycles. The summed E-state index contributed by atoms with van der Waals surface area (Å²) in [7, 11) is -1.82. The lowest BCUT2D eigenvalue weighted by Crippen LogP contribution is -2.29. The zero-order valence-electron chi connectivity index (χ0n) is 23.0. The first-order valence-electron chi connectivity index (χ1n) is 13.8. The first kappa shape index (κ1) is 28.1. The van der Waals surface area contributed by atoms with E-state index in [1.807, 2.05) is 30.3 Å². The molecule has 10 nitrogen and oxygen atoms in total. The average Bonchev–Trinajstić information content (AvgIpc) is 3.36. The maximum Gasteiger partial charge on any atom is 0.237 e. The van der Waals surface area contributed by atoms with Gasteiger partial charge in [-0.1, -0.05) is 44.2 Å². The van der Waals surface area contributed by atoms with Crippen molar-refractivity contribution in [1.82, 2.24) is 29.2 Å². The Balaban J connectivity index is 1.54. The van der Waals surface area contributed by atoms with Gasteiger partial charge in [-0.15, -0.1) is 0 Å². The number of rotatable bonds is 11. The van der Waals surface area contributed by atoms with Crippen LogP contribution in [0.2, 0.25) is 0 Å². The predicted octanol–water partition coefficient (Wildman–Crippen LogP) is 3.84. The van der Waals surface area contributed by atoms with Gasteiger partial charge in [-0.3, -0.25) is 0 Å². The van der Waals surface area contributed by atoms with Crippen molar-refractivity contribution in [3.8, 4) is 28.4 Å². The van der Waals surface area contributed by atoms with Crippen LogP contribution in [0.25, 0.3) is 33.7 Å². The zero-order chi connectivity index (χ0) is 28.1. The van der Waals surface area contributed by atoms with Crippen molar-refractivity contribution >= 4 is 21.1 Å². The summed E-state index contributed by atoms with van der Waals surface area (Å²) in [5, 5.41) is 13.6. The Morgan fingerprint density at radius 1 is 1.18 bits per heavy atom. The average molecular weight is 565 g/mol. The van der Waals surface area contributed by atoms with Gasteiger partial charge in [-0.05, 0) is 44.0 Å². The molecule has 0 saturated heterocycles. The van der Waals surface area contributed by atoms with E-state index in [1.54, 1.807) is 19.4 Å². The number of nitrogens with one attached hydrogen (secondary N) is 1. The second kappa shape index (κ2) is 12.4. The maximum atomic E-state index is 12.5. The fourth-order valence-corrected chi connectivity index (χ4v) is 6.08. The highest BCUT2D eigenvalue weighted by Crippen LogP contribution is 2.33. The molecule has 3 heterocycles. The summed E-state index contributed by atoms with van der Waals surface area (Å²) < 4.78 is 32.1. The van der Waals surface area contributed by atoms with Crippen LogP contribution in [0.5, 0.6) is 5.75 Å². The number of aliphatic hydroxyl groups excluding tert-OH is 1. The summed E-state index contributed by atoms with van der Waals surface area (Å²) in [5.41, 5.74) is 3.22. The minimum Gasteiger partial charge on any atom is -0.491 e. The van der Waals surface area contributed by atoms with Gasteiger partial charge in [-0.2, -0.15) is 0 Å². The molecule has 1 atom stereocenters. The maximum absolute atomic E-state index is 12.5. The third-order valence-electron chi connectivity index (χ3n) is 7.36. The van der Waals surface area contributed by atoms with Crippen molar-refractivity contribution in [2.75, 3.05) is 26.5 Å². The molecule has 0 aliphatic heterocycles. The molecule has 3 aromatic heterocycles. The van der Waals surface area contributed by atoms with Gasteiger partial charge in [0.15, 0.2) is 11.5 Å². The number of hydrogen-bond donors (Lipinski definition) is 2. The number of likely N-dealkylation sites (N-methyl/N-ethyl adjacent to an activating group) is 1. The molecule has 0 radical (unpaired) electrons. The lowest BCUT2D eigenvalue weighted by molar-refractivity contribution is 0.108. The van der Waals surface area contributed by atoms with E-state index in [1.165, 1.54) is 42.4 Å². The number of aliphatic hydroxyl groups is 1. The minimum atomic E-state index is -3.60. The number of aryl methyl sites for hydroxylation is 1. The summed E-state index contributed by atoms with van der Waals surface area (Å²) in [6, 6.07) is 9.44. The third kappa shape index (κ3) is 6.65. The molecule has 1 aromatic carbocycles. The topological polar surface area (TPSA) is 132 Å². The number of hydrogen-bond acceptors (Lipinski definition) is 9. The van der Waals surface area contributed by atoms with Crippen LogP contribution in [0.4, 0.5) is 0 Å². The van der Waals surface area contributed by atoms with Gasteiger partial charge in [-0.25, -0.2) is 32.3 Å². The van der Waals surface area contributed by atoms with Crippen molar-refractivity contribution in [3.63, 3.8) is 0 Å². The molecule has 212 valence electrons. The van der Waals surface area contributed by atoms with E-state index in [0.717, 1.165) is 30.4 Å². The molecule has 0 spiro atoms. The van der Waals surface area contributed by atoms with Crippen molar-refractivity contribution in [1.29, 1.82) is 0 Å². The molecule has 1 fully saturated rings. The Hall–Kier alpha value is -3.41. The van der Waals surface area contributed by atoms with Crippen molar-refractivity contribution < 1.29 is 18.3 Å². The zero-order valence-corrected chi connectivity index (χ0v) is 23.8. The van der Waals surface area contributed by atoms with Gasteiger partial charge in [0.1, 0.15) is 24.8 Å². The Kier molecular flexibility index (Phi) is 8.72. The molecule has 40 heavy (non-hydrogen) atoms. The van der Waals surface area contributed by atoms with Gasteiger partial charge in [0.2, 0.25) is 10.0 Å². The summed E-state index contributed by atoms with van der Waals surface area (Å²) in [5.74, 6) is 1.82. The summed E-state index contributed by atoms with van der Waals surface area (Å²) >= 11 is 0. The molecule has 1 aliphatic rings. The fraction of sp³-hybridized carbons (Fsp3) is 0.448. The minimum absolute atomic E-state index is 0.156. The normalized spacial score (nSPS) is 15.4. The van der Waals surface area contributed by atoms with E-state index < -0.39 is 16.1 Å². The van der Waals surface area contributed by atoms with Crippen LogP contribution in [0.1, 0.15) is 44.2 Å². The molecular formula is C29H36N6O4S. The summed E-state index contributed by atoms with van der Waals surface area (Å²) in [6.45, 7) is 0.586. The highest BCUT2D eigenvalue weighted by molar-refractivity contribution is 7.89. The molecule has 2 N–H and O–H groups in total. The highest BCUT2D eigenvalue weighted by atomic mass is 32.2. The molecule has 0 unspecified atom stereocenters. The van der Waals surface area contributed by atoms with Crippen LogP contribution < -0.4 is 10.1 Å². The monoisotopic (exact) mass is 564 g/mol. The number of fused-ring (bicyclic) bond motifs is 1. The van der Waals surface area contributed by atoms with E-state index in [0.29, 0.717) is 46.3 Å². The van der Waals surface area contributed by atoms with Gasteiger partial charge in [0, 0.05) is 41.1 Å². The van der Waals surface area contributed by atoms with Gasteiger partial charge >= 0.3 is 0 Å². The van der Waals surface area contributed by atoms with Crippen LogP contribution in [-0.4, -0.2) is 70.0 Å². The van der Waals surface area contributed by atoms with Crippen molar-refractivity contribution in [2.45, 2.75) is 51.0 Å². The summed E-state index contributed by atoms with van der Waals surface area (Å²) in [4.78, 5) is 18.2. The Morgan fingerprint density at radius 2 is 2.00 bits per heavy atom. The molecule has 0 bridgehead atoms. The second-order valence-corrected chi connectivity index (χ2v) is 12.4. The van der Waals surface area contributed by atoms with E-state index in [2.05, 4.69) is 15.3 Å². The molecule has 0 amide bonds. The standard InChI is InChI=1S/C29H36N6O4S/c1-30-15-23(36)18-39-24-10-6-9-21(13-24)28-33-22(12-11-20-7-4-3-5-8-20)14-27(34-28)26-17-35(40(2,37)38)29-25(26)16-31-19-32-29/h6,9-10,13-14,16-17,19-20,23,30,36H,3-5,7-8,11-12,15,18H2,1-2H3/t23-/m1/s1. The van der Waals surface area contributed by atoms with Crippen molar-refractivity contribution in [3.05, 3.63) is 54.7 Å². The highest BCUT2D eigenvalue weighted by Gasteiger charge is 2.20. The Bertz CT molecular complexity index is 1570.